The topological polar surface area (TPSA) is 72.1 Å². The van der Waals surface area contributed by atoms with Crippen LogP contribution in [0.25, 0.3) is 0 Å². The number of nitrogen functional groups attached to an aromatic ring is 1. The molecule has 5 nitrogen and oxygen atoms in total. The summed E-state index contributed by atoms with van der Waals surface area (Å²) in [5.74, 6) is 1.64. The van der Waals surface area contributed by atoms with Crippen molar-refractivity contribution < 1.29 is 4.79 Å². The number of likely N-dealkylation sites (tertiary alicyclic amines) is 1. The van der Waals surface area contributed by atoms with E-state index in [0.29, 0.717) is 23.3 Å². The van der Waals surface area contributed by atoms with Crippen LogP contribution in [0.2, 0.25) is 0 Å². The number of rotatable bonds is 2. The molecule has 1 amide bonds. The molecule has 2 heterocycles. The summed E-state index contributed by atoms with van der Waals surface area (Å²) in [5, 5.41) is 0. The molecule has 1 aliphatic heterocycles. The second kappa shape index (κ2) is 5.99. The predicted octanol–water partition coefficient (Wildman–Crippen LogP) is 1.96. The van der Waals surface area contributed by atoms with Gasteiger partial charge in [0.25, 0.3) is 5.91 Å². The smallest absolute Gasteiger partial charge is 0.274 e. The van der Waals surface area contributed by atoms with Crippen molar-refractivity contribution in [2.75, 3.05) is 18.8 Å². The van der Waals surface area contributed by atoms with Gasteiger partial charge in [-0.1, -0.05) is 13.8 Å². The minimum absolute atomic E-state index is 0.0517. The predicted molar refractivity (Wildman–Crippen MR) is 74.5 cm³/mol. The van der Waals surface area contributed by atoms with Gasteiger partial charge in [0.15, 0.2) is 0 Å². The Morgan fingerprint density at radius 1 is 1.37 bits per heavy atom. The van der Waals surface area contributed by atoms with Gasteiger partial charge in [0.1, 0.15) is 11.5 Å². The lowest BCUT2D eigenvalue weighted by molar-refractivity contribution is 0.0752. The van der Waals surface area contributed by atoms with Crippen molar-refractivity contribution in [3.8, 4) is 0 Å². The maximum Gasteiger partial charge on any atom is 0.274 e. The quantitative estimate of drug-likeness (QED) is 0.884. The lowest BCUT2D eigenvalue weighted by Gasteiger charge is -2.21. The molecule has 0 aromatic carbocycles. The van der Waals surface area contributed by atoms with Crippen molar-refractivity contribution in [3.05, 3.63) is 18.1 Å². The number of aromatic nitrogens is 2. The zero-order valence-electron chi connectivity index (χ0n) is 11.7. The Hall–Kier alpha value is -1.65. The van der Waals surface area contributed by atoms with Crippen molar-refractivity contribution in [1.82, 2.24) is 14.9 Å². The number of carbonyl (C=O) groups excluding carboxylic acids is 1. The van der Waals surface area contributed by atoms with E-state index in [-0.39, 0.29) is 5.91 Å². The maximum atomic E-state index is 12.3. The molecule has 1 unspecified atom stereocenters. The lowest BCUT2D eigenvalue weighted by atomic mass is 9.89. The number of anilines is 1. The Labute approximate surface area is 114 Å². The molecule has 0 aliphatic carbocycles. The Bertz CT molecular complexity index is 447. The van der Waals surface area contributed by atoms with E-state index in [0.717, 1.165) is 25.9 Å². The largest absolute Gasteiger partial charge is 0.382 e. The van der Waals surface area contributed by atoms with E-state index < -0.39 is 0 Å². The molecular weight excluding hydrogens is 240 g/mol. The Kier molecular flexibility index (Phi) is 4.35. The molecule has 1 aromatic heterocycles. The highest BCUT2D eigenvalue weighted by molar-refractivity contribution is 5.92. The molecule has 2 rings (SSSR count). The normalized spacial score (nSPS) is 20.4. The molecular formula is C14H22N4O. The lowest BCUT2D eigenvalue weighted by Crippen LogP contribution is -2.33. The van der Waals surface area contributed by atoms with Crippen LogP contribution >= 0.6 is 0 Å². The average Bonchev–Trinajstić information content (AvgIpc) is 2.63. The van der Waals surface area contributed by atoms with Crippen molar-refractivity contribution in [2.24, 2.45) is 11.8 Å². The fourth-order valence-corrected chi connectivity index (χ4v) is 2.64. The second-order valence-electron chi connectivity index (χ2n) is 5.56. The molecule has 0 bridgehead atoms. The van der Waals surface area contributed by atoms with E-state index in [2.05, 4.69) is 23.8 Å². The molecule has 1 saturated heterocycles. The molecule has 19 heavy (non-hydrogen) atoms. The van der Waals surface area contributed by atoms with E-state index in [1.807, 2.05) is 4.90 Å². The SMILES string of the molecule is CC(C)C1CCCN(C(=O)c2cncc(N)n2)CC1. The third-order valence-corrected chi connectivity index (χ3v) is 3.88. The van der Waals surface area contributed by atoms with Gasteiger partial charge >= 0.3 is 0 Å². The number of nitrogens with two attached hydrogens (primary N) is 1. The number of hydrogen-bond donors (Lipinski definition) is 1. The summed E-state index contributed by atoms with van der Waals surface area (Å²) < 4.78 is 0. The molecule has 2 N–H and O–H groups in total. The highest BCUT2D eigenvalue weighted by Crippen LogP contribution is 2.25. The molecule has 1 fully saturated rings. The van der Waals surface area contributed by atoms with E-state index in [1.165, 1.54) is 18.8 Å². The summed E-state index contributed by atoms with van der Waals surface area (Å²) in [6.45, 7) is 6.12. The highest BCUT2D eigenvalue weighted by Gasteiger charge is 2.23. The molecule has 1 atom stereocenters. The van der Waals surface area contributed by atoms with Crippen LogP contribution in [0.15, 0.2) is 12.4 Å². The number of hydrogen-bond acceptors (Lipinski definition) is 4. The minimum atomic E-state index is -0.0517. The molecule has 1 aliphatic rings. The molecule has 1 aromatic rings. The summed E-state index contributed by atoms with van der Waals surface area (Å²) in [4.78, 5) is 22.2. The van der Waals surface area contributed by atoms with Gasteiger partial charge in [-0.2, -0.15) is 0 Å². The van der Waals surface area contributed by atoms with Crippen molar-refractivity contribution in [1.29, 1.82) is 0 Å². The van der Waals surface area contributed by atoms with Gasteiger partial charge in [-0.25, -0.2) is 4.98 Å². The van der Waals surface area contributed by atoms with Crippen LogP contribution < -0.4 is 5.73 Å². The van der Waals surface area contributed by atoms with Gasteiger partial charge in [-0.05, 0) is 31.1 Å². The standard InChI is InChI=1S/C14H22N4O/c1-10(2)11-4-3-6-18(7-5-11)14(19)12-8-16-9-13(15)17-12/h8-11H,3-7H2,1-2H3,(H2,15,17). The summed E-state index contributed by atoms with van der Waals surface area (Å²) in [5.41, 5.74) is 5.92. The van der Waals surface area contributed by atoms with Crippen molar-refractivity contribution in [3.63, 3.8) is 0 Å². The first-order chi connectivity index (χ1) is 9.08. The Morgan fingerprint density at radius 3 is 2.84 bits per heavy atom. The van der Waals surface area contributed by atoms with Gasteiger partial charge in [-0.15, -0.1) is 0 Å². The van der Waals surface area contributed by atoms with Crippen LogP contribution in [0.4, 0.5) is 5.82 Å². The molecule has 104 valence electrons. The summed E-state index contributed by atoms with van der Waals surface area (Å²) in [6, 6.07) is 0. The van der Waals surface area contributed by atoms with Gasteiger partial charge < -0.3 is 10.6 Å². The molecule has 0 radical (unpaired) electrons. The first kappa shape index (κ1) is 13.8. The van der Waals surface area contributed by atoms with E-state index in [9.17, 15) is 4.79 Å². The van der Waals surface area contributed by atoms with Crippen LogP contribution in [0.3, 0.4) is 0 Å². The van der Waals surface area contributed by atoms with E-state index >= 15 is 0 Å². The van der Waals surface area contributed by atoms with Gasteiger partial charge in [0.05, 0.1) is 12.4 Å². The van der Waals surface area contributed by atoms with E-state index in [4.69, 9.17) is 5.73 Å². The summed E-state index contributed by atoms with van der Waals surface area (Å²) >= 11 is 0. The third-order valence-electron chi connectivity index (χ3n) is 3.88. The van der Waals surface area contributed by atoms with Gasteiger partial charge in [0, 0.05) is 13.1 Å². The van der Waals surface area contributed by atoms with Gasteiger partial charge in [0.2, 0.25) is 0 Å². The Balaban J connectivity index is 2.04. The number of amides is 1. The van der Waals surface area contributed by atoms with E-state index in [1.54, 1.807) is 0 Å². The van der Waals surface area contributed by atoms with Crippen LogP contribution in [-0.4, -0.2) is 33.9 Å². The molecule has 5 heteroatoms. The summed E-state index contributed by atoms with van der Waals surface area (Å²) in [7, 11) is 0. The first-order valence-corrected chi connectivity index (χ1v) is 6.94. The zero-order valence-corrected chi connectivity index (χ0v) is 11.7. The Morgan fingerprint density at radius 2 is 2.16 bits per heavy atom. The third kappa shape index (κ3) is 3.43. The van der Waals surface area contributed by atoms with Crippen LogP contribution in [0.5, 0.6) is 0 Å². The van der Waals surface area contributed by atoms with Crippen LogP contribution in [-0.2, 0) is 0 Å². The van der Waals surface area contributed by atoms with Crippen LogP contribution in [0.1, 0.15) is 43.6 Å². The first-order valence-electron chi connectivity index (χ1n) is 6.94. The second-order valence-corrected chi connectivity index (χ2v) is 5.56. The molecule has 0 saturated carbocycles. The fraction of sp³-hybridized carbons (Fsp3) is 0.643. The van der Waals surface area contributed by atoms with Crippen molar-refractivity contribution in [2.45, 2.75) is 33.1 Å². The monoisotopic (exact) mass is 262 g/mol. The highest BCUT2D eigenvalue weighted by atomic mass is 16.2. The summed E-state index contributed by atoms with van der Waals surface area (Å²) in [6.07, 6.45) is 6.27. The number of carbonyl (C=O) groups is 1. The number of nitrogens with zero attached hydrogens (tertiary/aromatic N) is 3. The average molecular weight is 262 g/mol. The molecule has 0 spiro atoms. The van der Waals surface area contributed by atoms with Crippen LogP contribution in [0, 0.1) is 11.8 Å². The zero-order chi connectivity index (χ0) is 13.8. The van der Waals surface area contributed by atoms with Gasteiger partial charge in [-0.3, -0.25) is 9.78 Å². The van der Waals surface area contributed by atoms with Crippen molar-refractivity contribution >= 4 is 11.7 Å². The maximum absolute atomic E-state index is 12.3. The minimum Gasteiger partial charge on any atom is -0.382 e. The fourth-order valence-electron chi connectivity index (χ4n) is 2.64.